The van der Waals surface area contributed by atoms with E-state index < -0.39 is 0 Å². The van der Waals surface area contributed by atoms with Crippen molar-refractivity contribution in [2.24, 2.45) is 11.3 Å². The summed E-state index contributed by atoms with van der Waals surface area (Å²) in [6.45, 7) is 7.24. The lowest BCUT2D eigenvalue weighted by atomic mass is 9.58. The molecule has 2 spiro atoms. The van der Waals surface area contributed by atoms with Crippen LogP contribution in [0.1, 0.15) is 83.6 Å². The highest BCUT2D eigenvalue weighted by Gasteiger charge is 2.66. The molecular weight excluding hydrogens is 428 g/mol. The highest BCUT2D eigenvalue weighted by atomic mass is 16.5. The van der Waals surface area contributed by atoms with Gasteiger partial charge in [0.15, 0.2) is 0 Å². The van der Waals surface area contributed by atoms with Crippen LogP contribution in [-0.2, 0) is 4.74 Å². The van der Waals surface area contributed by atoms with Crippen molar-refractivity contribution in [3.63, 3.8) is 0 Å². The van der Waals surface area contributed by atoms with Gasteiger partial charge in [-0.25, -0.2) is 0 Å². The maximum Gasteiger partial charge on any atom is 0.0974 e. The molecule has 1 aromatic carbocycles. The first-order valence-electron chi connectivity index (χ1n) is 14.0. The Labute approximate surface area is 210 Å². The monoisotopic (exact) mass is 468 g/mol. The number of fused-ring (bicyclic) bond motifs is 2. The third kappa shape index (κ3) is 3.01. The molecular formula is C32H40N2O. The Morgan fingerprint density at radius 1 is 1.09 bits per heavy atom. The summed E-state index contributed by atoms with van der Waals surface area (Å²) in [6, 6.07) is 10.4. The highest BCUT2D eigenvalue weighted by Crippen LogP contribution is 2.69. The first-order valence-corrected chi connectivity index (χ1v) is 14.0. The zero-order chi connectivity index (χ0) is 24.0. The number of hydrogen-bond acceptors (Lipinski definition) is 3. The number of hydrogen-bond donors (Lipinski definition) is 0. The van der Waals surface area contributed by atoms with Gasteiger partial charge in [-0.1, -0.05) is 31.2 Å². The number of benzene rings is 1. The molecule has 6 atom stereocenters. The van der Waals surface area contributed by atoms with E-state index in [2.05, 4.69) is 74.1 Å². The van der Waals surface area contributed by atoms with Crippen molar-refractivity contribution in [3.8, 4) is 0 Å². The number of pyridine rings is 1. The molecule has 35 heavy (non-hydrogen) atoms. The normalized spacial score (nSPS) is 39.9. The summed E-state index contributed by atoms with van der Waals surface area (Å²) in [5.74, 6) is 1.19. The third-order valence-corrected chi connectivity index (χ3v) is 11.1. The van der Waals surface area contributed by atoms with E-state index in [4.69, 9.17) is 4.74 Å². The third-order valence-electron chi connectivity index (χ3n) is 11.1. The van der Waals surface area contributed by atoms with Crippen molar-refractivity contribution >= 4 is 10.8 Å². The lowest BCUT2D eigenvalue weighted by Crippen LogP contribution is -2.55. The fourth-order valence-corrected chi connectivity index (χ4v) is 9.02. The van der Waals surface area contributed by atoms with Crippen molar-refractivity contribution in [1.82, 2.24) is 9.88 Å². The van der Waals surface area contributed by atoms with Gasteiger partial charge in [-0.15, -0.1) is 0 Å². The highest BCUT2D eigenvalue weighted by molar-refractivity contribution is 5.82. The zero-order valence-corrected chi connectivity index (χ0v) is 21.9. The van der Waals surface area contributed by atoms with Crippen LogP contribution < -0.4 is 0 Å². The summed E-state index contributed by atoms with van der Waals surface area (Å²) in [5, 5.41) is 2.56. The number of allylic oxidation sites excluding steroid dienone is 1. The Balaban J connectivity index is 1.25. The van der Waals surface area contributed by atoms with Gasteiger partial charge in [0.1, 0.15) is 0 Å². The van der Waals surface area contributed by atoms with Crippen molar-refractivity contribution in [2.45, 2.75) is 101 Å². The molecule has 2 unspecified atom stereocenters. The van der Waals surface area contributed by atoms with Gasteiger partial charge in [-0.05, 0) is 124 Å². The zero-order valence-electron chi connectivity index (χ0n) is 21.9. The van der Waals surface area contributed by atoms with E-state index in [0.29, 0.717) is 23.9 Å². The van der Waals surface area contributed by atoms with Gasteiger partial charge in [0, 0.05) is 29.9 Å². The molecule has 7 rings (SSSR count). The van der Waals surface area contributed by atoms with E-state index in [1.54, 1.807) is 5.57 Å². The number of nitrogens with zero attached hydrogens (tertiary/aromatic N) is 2. The van der Waals surface area contributed by atoms with Crippen LogP contribution >= 0.6 is 0 Å². The van der Waals surface area contributed by atoms with Crippen LogP contribution in [0.2, 0.25) is 0 Å². The number of ether oxygens (including phenoxy) is 1. The lowest BCUT2D eigenvalue weighted by Gasteiger charge is -2.55. The smallest absolute Gasteiger partial charge is 0.0974 e. The van der Waals surface area contributed by atoms with Crippen LogP contribution in [0.3, 0.4) is 0 Å². The second kappa shape index (κ2) is 7.52. The van der Waals surface area contributed by atoms with E-state index >= 15 is 0 Å². The average Bonchev–Trinajstić information content (AvgIpc) is 3.38. The maximum atomic E-state index is 7.50. The van der Waals surface area contributed by atoms with Gasteiger partial charge in [-0.3, -0.25) is 4.98 Å². The molecule has 0 radical (unpaired) electrons. The molecule has 2 aromatic rings. The standard InChI is InChI=1S/C32H40N2O/c1-21(2)34(4)27-8-7-25-18-26-11-13-30(3)28(23-6-5-22-12-16-33-20-24(22)17-23)9-10-29(30)32(26)15-14-31(25,19-27)35-32/h5-6,11-12,16-18,20-21,27-29H,7-10,13-15,19H2,1-4H3/t27?,28-,29-,30?,31-,32-/m1/s1. The molecule has 0 N–H and O–H groups in total. The predicted molar refractivity (Wildman–Crippen MR) is 142 cm³/mol. The molecule has 2 saturated carbocycles. The van der Waals surface area contributed by atoms with Crippen LogP contribution in [-0.4, -0.2) is 40.2 Å². The molecule has 2 bridgehead atoms. The van der Waals surface area contributed by atoms with Crippen molar-refractivity contribution in [3.05, 3.63) is 65.5 Å². The molecule has 5 aliphatic rings. The van der Waals surface area contributed by atoms with Crippen LogP contribution in [0, 0.1) is 11.3 Å². The first-order chi connectivity index (χ1) is 16.8. The van der Waals surface area contributed by atoms with Crippen LogP contribution in [0.5, 0.6) is 0 Å². The minimum absolute atomic E-state index is 0.0195. The quantitative estimate of drug-likeness (QED) is 0.477. The predicted octanol–water partition coefficient (Wildman–Crippen LogP) is 7.19. The Kier molecular flexibility index (Phi) is 4.78. The van der Waals surface area contributed by atoms with E-state index in [9.17, 15) is 0 Å². The van der Waals surface area contributed by atoms with E-state index in [1.807, 2.05) is 12.4 Å². The van der Waals surface area contributed by atoms with Crippen LogP contribution in [0.15, 0.2) is 60.0 Å². The SMILES string of the molecule is CC(C)N(C)C1CCC2=CC3=CCC4(C)[C@@H](c5ccc6ccncc6c5)CC[C@H]4[C@@]34CC[C@]2(C1)O4. The summed E-state index contributed by atoms with van der Waals surface area (Å²) in [5.41, 5.74) is 4.79. The minimum atomic E-state index is -0.0675. The molecule has 3 heterocycles. The van der Waals surface area contributed by atoms with E-state index in [-0.39, 0.29) is 16.6 Å². The molecule has 1 saturated heterocycles. The van der Waals surface area contributed by atoms with Crippen molar-refractivity contribution in [2.75, 3.05) is 7.05 Å². The molecule has 3 fully saturated rings. The molecule has 2 aliphatic heterocycles. The maximum absolute atomic E-state index is 7.50. The Hall–Kier alpha value is -1.97. The molecule has 3 aliphatic carbocycles. The number of aromatic nitrogens is 1. The fourth-order valence-electron chi connectivity index (χ4n) is 9.02. The van der Waals surface area contributed by atoms with Crippen LogP contribution in [0.4, 0.5) is 0 Å². The van der Waals surface area contributed by atoms with Gasteiger partial charge in [-0.2, -0.15) is 0 Å². The molecule has 1 aromatic heterocycles. The van der Waals surface area contributed by atoms with Gasteiger partial charge in [0.25, 0.3) is 0 Å². The summed E-state index contributed by atoms with van der Waals surface area (Å²) in [4.78, 5) is 6.98. The van der Waals surface area contributed by atoms with Gasteiger partial charge in [0.05, 0.1) is 11.2 Å². The Morgan fingerprint density at radius 2 is 1.97 bits per heavy atom. The molecule has 3 nitrogen and oxygen atoms in total. The Bertz CT molecular complexity index is 1250. The topological polar surface area (TPSA) is 25.4 Å². The van der Waals surface area contributed by atoms with Gasteiger partial charge in [0.2, 0.25) is 0 Å². The van der Waals surface area contributed by atoms with Crippen LogP contribution in [0.25, 0.3) is 10.8 Å². The summed E-state index contributed by atoms with van der Waals surface area (Å²) < 4.78 is 7.50. The molecule has 184 valence electrons. The van der Waals surface area contributed by atoms with Gasteiger partial charge >= 0.3 is 0 Å². The van der Waals surface area contributed by atoms with E-state index in [0.717, 1.165) is 0 Å². The number of rotatable bonds is 3. The Morgan fingerprint density at radius 3 is 2.83 bits per heavy atom. The lowest BCUT2D eigenvalue weighted by molar-refractivity contribution is -0.141. The fraction of sp³-hybridized carbons (Fsp3) is 0.594. The molecule has 0 amide bonds. The second-order valence-corrected chi connectivity index (χ2v) is 12.8. The van der Waals surface area contributed by atoms with Crippen molar-refractivity contribution < 1.29 is 4.74 Å². The minimum Gasteiger partial charge on any atom is -0.359 e. The second-order valence-electron chi connectivity index (χ2n) is 12.8. The average molecular weight is 469 g/mol. The van der Waals surface area contributed by atoms with Gasteiger partial charge < -0.3 is 9.64 Å². The summed E-state index contributed by atoms with van der Waals surface area (Å²) >= 11 is 0. The first kappa shape index (κ1) is 22.2. The summed E-state index contributed by atoms with van der Waals surface area (Å²) in [6.07, 6.45) is 18.9. The molecule has 3 heteroatoms. The van der Waals surface area contributed by atoms with Crippen molar-refractivity contribution in [1.29, 1.82) is 0 Å². The largest absolute Gasteiger partial charge is 0.359 e. The van der Waals surface area contributed by atoms with E-state index in [1.165, 1.54) is 73.3 Å². The summed E-state index contributed by atoms with van der Waals surface area (Å²) in [7, 11) is 2.32.